The topological polar surface area (TPSA) is 18.5 Å². The highest BCUT2D eigenvalue weighted by atomic mass is 32.1. The van der Waals surface area contributed by atoms with Crippen molar-refractivity contribution >= 4 is 12.6 Å². The second kappa shape index (κ2) is 4.00. The second-order valence-electron chi connectivity index (χ2n) is 4.83. The van der Waals surface area contributed by atoms with Gasteiger partial charge in [-0.1, -0.05) is 0 Å². The molecule has 0 radical (unpaired) electrons. The molecule has 14 heavy (non-hydrogen) atoms. The molecule has 0 aliphatic carbocycles. The van der Waals surface area contributed by atoms with Gasteiger partial charge in [0.25, 0.3) is 0 Å². The molecule has 4 heteroatoms. The summed E-state index contributed by atoms with van der Waals surface area (Å²) in [5.41, 5.74) is 0. The zero-order valence-electron chi connectivity index (χ0n) is 9.16. The number of fused-ring (bicyclic) bond motifs is 1. The number of hydrogen-bond donors (Lipinski definition) is 2. The minimum Gasteiger partial charge on any atom is -0.314 e. The molecule has 82 valence electrons. The molecule has 0 aromatic carbocycles. The van der Waals surface area contributed by atoms with Crippen molar-refractivity contribution in [3.8, 4) is 0 Å². The van der Waals surface area contributed by atoms with Crippen molar-refractivity contribution in [1.29, 1.82) is 0 Å². The molecule has 0 amide bonds. The van der Waals surface area contributed by atoms with Crippen molar-refractivity contribution < 1.29 is 0 Å². The van der Waals surface area contributed by atoms with Gasteiger partial charge in [0.15, 0.2) is 0 Å². The Labute approximate surface area is 92.2 Å². The summed E-state index contributed by atoms with van der Waals surface area (Å²) < 4.78 is 0. The Morgan fingerprint density at radius 1 is 1.29 bits per heavy atom. The Morgan fingerprint density at radius 2 is 2.07 bits per heavy atom. The van der Waals surface area contributed by atoms with E-state index in [2.05, 4.69) is 41.6 Å². The predicted octanol–water partition coefficient (Wildman–Crippen LogP) is 0.242. The highest BCUT2D eigenvalue weighted by Gasteiger charge is 2.33. The van der Waals surface area contributed by atoms with E-state index in [9.17, 15) is 0 Å². The van der Waals surface area contributed by atoms with Crippen LogP contribution in [-0.2, 0) is 0 Å². The Balaban J connectivity index is 1.96. The standard InChI is InChI=1S/C10H21N3S/c1-10(2,14)13-6-5-12-4-3-11-7-9(12)8-13/h9,11,14H,3-8H2,1-2H3. The number of thiol groups is 1. The van der Waals surface area contributed by atoms with Crippen molar-refractivity contribution in [2.45, 2.75) is 24.8 Å². The molecule has 2 heterocycles. The molecule has 2 aliphatic heterocycles. The molecule has 1 unspecified atom stereocenters. The molecule has 1 N–H and O–H groups in total. The molecule has 0 aromatic heterocycles. The second-order valence-corrected chi connectivity index (χ2v) is 5.93. The normalized spacial score (nSPS) is 31.5. The van der Waals surface area contributed by atoms with Crippen LogP contribution in [0.3, 0.4) is 0 Å². The lowest BCUT2D eigenvalue weighted by molar-refractivity contribution is 0.0345. The molecule has 0 spiro atoms. The number of hydrogen-bond acceptors (Lipinski definition) is 4. The van der Waals surface area contributed by atoms with Gasteiger partial charge in [-0.3, -0.25) is 9.80 Å². The molecule has 2 saturated heterocycles. The highest BCUT2D eigenvalue weighted by Crippen LogP contribution is 2.23. The SMILES string of the molecule is CC(C)(S)N1CCN2CCNCC2C1. The molecule has 0 aromatic rings. The monoisotopic (exact) mass is 215 g/mol. The van der Waals surface area contributed by atoms with E-state index in [0.29, 0.717) is 6.04 Å². The summed E-state index contributed by atoms with van der Waals surface area (Å²) in [6.45, 7) is 11.4. The lowest BCUT2D eigenvalue weighted by Crippen LogP contribution is -2.63. The van der Waals surface area contributed by atoms with Crippen LogP contribution in [-0.4, -0.2) is 60.0 Å². The third-order valence-electron chi connectivity index (χ3n) is 3.33. The number of nitrogens with zero attached hydrogens (tertiary/aromatic N) is 2. The van der Waals surface area contributed by atoms with Gasteiger partial charge >= 0.3 is 0 Å². The quantitative estimate of drug-likeness (QED) is 0.611. The zero-order chi connectivity index (χ0) is 10.2. The van der Waals surface area contributed by atoms with Crippen molar-refractivity contribution in [3.63, 3.8) is 0 Å². The van der Waals surface area contributed by atoms with Gasteiger partial charge in [0.05, 0.1) is 4.87 Å². The minimum atomic E-state index is 0.0313. The Kier molecular flexibility index (Phi) is 3.07. The maximum atomic E-state index is 4.64. The van der Waals surface area contributed by atoms with E-state index in [1.165, 1.54) is 13.1 Å². The van der Waals surface area contributed by atoms with Crippen LogP contribution in [0.15, 0.2) is 0 Å². The fourth-order valence-corrected chi connectivity index (χ4v) is 2.55. The molecular formula is C10H21N3S. The maximum Gasteiger partial charge on any atom is 0.0584 e. The van der Waals surface area contributed by atoms with E-state index in [0.717, 1.165) is 26.2 Å². The van der Waals surface area contributed by atoms with Gasteiger partial charge in [-0.25, -0.2) is 0 Å². The highest BCUT2D eigenvalue weighted by molar-refractivity contribution is 7.81. The third-order valence-corrected chi connectivity index (χ3v) is 3.62. The summed E-state index contributed by atoms with van der Waals surface area (Å²) in [7, 11) is 0. The van der Waals surface area contributed by atoms with Crippen LogP contribution < -0.4 is 5.32 Å². The van der Waals surface area contributed by atoms with Crippen LogP contribution in [0, 0.1) is 0 Å². The lowest BCUT2D eigenvalue weighted by atomic mass is 10.1. The van der Waals surface area contributed by atoms with E-state index in [1.54, 1.807) is 0 Å². The molecule has 0 saturated carbocycles. The van der Waals surface area contributed by atoms with E-state index >= 15 is 0 Å². The molecule has 0 bridgehead atoms. The van der Waals surface area contributed by atoms with Gasteiger partial charge in [0, 0.05) is 45.3 Å². The van der Waals surface area contributed by atoms with Gasteiger partial charge < -0.3 is 5.32 Å². The maximum absolute atomic E-state index is 4.64. The molecule has 1 atom stereocenters. The zero-order valence-corrected chi connectivity index (χ0v) is 10.1. The summed E-state index contributed by atoms with van der Waals surface area (Å²) in [5.74, 6) is 0. The fraction of sp³-hybridized carbons (Fsp3) is 1.00. The van der Waals surface area contributed by atoms with Gasteiger partial charge in [0.2, 0.25) is 0 Å². The summed E-state index contributed by atoms with van der Waals surface area (Å²) in [4.78, 5) is 5.11. The summed E-state index contributed by atoms with van der Waals surface area (Å²) in [6, 6.07) is 0.698. The van der Waals surface area contributed by atoms with E-state index < -0.39 is 0 Å². The van der Waals surface area contributed by atoms with Crippen LogP contribution >= 0.6 is 12.6 Å². The van der Waals surface area contributed by atoms with E-state index in [4.69, 9.17) is 0 Å². The summed E-state index contributed by atoms with van der Waals surface area (Å²) in [5, 5.41) is 3.46. The fourth-order valence-electron chi connectivity index (χ4n) is 2.37. The van der Waals surface area contributed by atoms with Crippen LogP contribution in [0.25, 0.3) is 0 Å². The van der Waals surface area contributed by atoms with Crippen LogP contribution in [0.5, 0.6) is 0 Å². The summed E-state index contributed by atoms with van der Waals surface area (Å²) >= 11 is 4.64. The van der Waals surface area contributed by atoms with Gasteiger partial charge in [-0.15, -0.1) is 0 Å². The number of piperazine rings is 2. The van der Waals surface area contributed by atoms with Crippen molar-refractivity contribution in [3.05, 3.63) is 0 Å². The minimum absolute atomic E-state index is 0.0313. The van der Waals surface area contributed by atoms with Crippen LogP contribution in [0.1, 0.15) is 13.8 Å². The first-order valence-corrected chi connectivity index (χ1v) is 5.94. The molecule has 2 fully saturated rings. The third kappa shape index (κ3) is 2.24. The largest absolute Gasteiger partial charge is 0.314 e. The first kappa shape index (κ1) is 10.7. The van der Waals surface area contributed by atoms with Gasteiger partial charge in [-0.2, -0.15) is 12.6 Å². The Morgan fingerprint density at radius 3 is 2.79 bits per heavy atom. The van der Waals surface area contributed by atoms with Gasteiger partial charge in [-0.05, 0) is 13.8 Å². The molecular weight excluding hydrogens is 194 g/mol. The Bertz CT molecular complexity index is 202. The van der Waals surface area contributed by atoms with Crippen LogP contribution in [0.2, 0.25) is 0 Å². The average Bonchev–Trinajstić information content (AvgIpc) is 2.16. The smallest absolute Gasteiger partial charge is 0.0584 e. The van der Waals surface area contributed by atoms with Crippen LogP contribution in [0.4, 0.5) is 0 Å². The van der Waals surface area contributed by atoms with E-state index in [-0.39, 0.29) is 4.87 Å². The first-order chi connectivity index (χ1) is 6.57. The number of rotatable bonds is 1. The summed E-state index contributed by atoms with van der Waals surface area (Å²) in [6.07, 6.45) is 0. The lowest BCUT2D eigenvalue weighted by Gasteiger charge is -2.48. The molecule has 2 rings (SSSR count). The van der Waals surface area contributed by atoms with Crippen molar-refractivity contribution in [1.82, 2.24) is 15.1 Å². The van der Waals surface area contributed by atoms with E-state index in [1.807, 2.05) is 0 Å². The first-order valence-electron chi connectivity index (χ1n) is 5.49. The van der Waals surface area contributed by atoms with Gasteiger partial charge in [0.1, 0.15) is 0 Å². The number of nitrogens with one attached hydrogen (secondary N) is 1. The average molecular weight is 215 g/mol. The predicted molar refractivity (Wildman–Crippen MR) is 62.9 cm³/mol. The molecule has 2 aliphatic rings. The van der Waals surface area contributed by atoms with Crippen molar-refractivity contribution in [2.75, 3.05) is 39.3 Å². The van der Waals surface area contributed by atoms with Crippen molar-refractivity contribution in [2.24, 2.45) is 0 Å². The Hall–Kier alpha value is 0.230. The molecule has 3 nitrogen and oxygen atoms in total.